The van der Waals surface area contributed by atoms with Crippen LogP contribution < -0.4 is 4.72 Å². The van der Waals surface area contributed by atoms with Gasteiger partial charge in [-0.1, -0.05) is 23.2 Å². The van der Waals surface area contributed by atoms with Crippen molar-refractivity contribution in [3.8, 4) is 0 Å². The number of H-pyrrole nitrogens is 1. The van der Waals surface area contributed by atoms with Gasteiger partial charge in [-0.15, -0.1) is 0 Å². The number of aromatic nitrogens is 3. The fourth-order valence-electron chi connectivity index (χ4n) is 2.24. The van der Waals surface area contributed by atoms with Gasteiger partial charge in [0.15, 0.2) is 0 Å². The SMILES string of the molecule is CC(CO)n1cc(S(=O)(=O)Nc2ccc(Cl)c3c(Cl)c[nH]c23)cn1. The van der Waals surface area contributed by atoms with Crippen LogP contribution in [0.1, 0.15) is 13.0 Å². The summed E-state index contributed by atoms with van der Waals surface area (Å²) in [5.41, 5.74) is 0.816. The molecule has 7 nitrogen and oxygen atoms in total. The Morgan fingerprint density at radius 3 is 2.83 bits per heavy atom. The van der Waals surface area contributed by atoms with E-state index < -0.39 is 10.0 Å². The van der Waals surface area contributed by atoms with Crippen molar-refractivity contribution in [1.29, 1.82) is 0 Å². The van der Waals surface area contributed by atoms with E-state index in [1.807, 2.05) is 0 Å². The van der Waals surface area contributed by atoms with Crippen molar-refractivity contribution in [2.45, 2.75) is 17.9 Å². The summed E-state index contributed by atoms with van der Waals surface area (Å²) in [5, 5.41) is 14.5. The first-order valence-corrected chi connectivity index (χ1v) is 9.20. The van der Waals surface area contributed by atoms with Crippen molar-refractivity contribution < 1.29 is 13.5 Å². The third-order valence-corrected chi connectivity index (χ3v) is 5.52. The van der Waals surface area contributed by atoms with Crippen LogP contribution in [0.25, 0.3) is 10.9 Å². The van der Waals surface area contributed by atoms with Crippen LogP contribution in [0, 0.1) is 0 Å². The highest BCUT2D eigenvalue weighted by atomic mass is 35.5. The molecule has 3 rings (SSSR count). The highest BCUT2D eigenvalue weighted by Crippen LogP contribution is 2.35. The number of aromatic amines is 1. The van der Waals surface area contributed by atoms with Crippen LogP contribution in [0.3, 0.4) is 0 Å². The maximum atomic E-state index is 12.6. The van der Waals surface area contributed by atoms with E-state index in [4.69, 9.17) is 28.3 Å². The van der Waals surface area contributed by atoms with E-state index in [1.165, 1.54) is 23.3 Å². The zero-order valence-electron chi connectivity index (χ0n) is 12.5. The smallest absolute Gasteiger partial charge is 0.265 e. The zero-order chi connectivity index (χ0) is 17.5. The molecule has 10 heteroatoms. The first-order chi connectivity index (χ1) is 11.3. The Morgan fingerprint density at radius 2 is 2.12 bits per heavy atom. The largest absolute Gasteiger partial charge is 0.394 e. The molecule has 0 bridgehead atoms. The van der Waals surface area contributed by atoms with Crippen molar-refractivity contribution in [1.82, 2.24) is 14.8 Å². The highest BCUT2D eigenvalue weighted by Gasteiger charge is 2.20. The fourth-order valence-corrected chi connectivity index (χ4v) is 3.81. The standard InChI is InChI=1S/C14H14Cl2N4O3S/c1-8(7-21)20-6-9(4-18-20)24(22,23)19-12-3-2-10(15)13-11(16)5-17-14(12)13/h2-6,8,17,19,21H,7H2,1H3. The topological polar surface area (TPSA) is 100 Å². The number of benzene rings is 1. The van der Waals surface area contributed by atoms with Gasteiger partial charge < -0.3 is 10.1 Å². The van der Waals surface area contributed by atoms with Gasteiger partial charge in [-0.2, -0.15) is 5.10 Å². The quantitative estimate of drug-likeness (QED) is 0.625. The molecule has 3 N–H and O–H groups in total. The molecule has 0 aliphatic carbocycles. The summed E-state index contributed by atoms with van der Waals surface area (Å²) in [6.07, 6.45) is 4.12. The van der Waals surface area contributed by atoms with Gasteiger partial charge in [0.1, 0.15) is 4.90 Å². The van der Waals surface area contributed by atoms with Gasteiger partial charge in [-0.05, 0) is 19.1 Å². The molecule has 0 spiro atoms. The van der Waals surface area contributed by atoms with Gasteiger partial charge in [-0.25, -0.2) is 8.42 Å². The van der Waals surface area contributed by atoms with Crippen LogP contribution in [-0.2, 0) is 10.0 Å². The van der Waals surface area contributed by atoms with Gasteiger partial charge in [0.05, 0.1) is 40.1 Å². The number of halogens is 2. The summed E-state index contributed by atoms with van der Waals surface area (Å²) in [7, 11) is -3.85. The lowest BCUT2D eigenvalue weighted by Crippen LogP contribution is -2.13. The van der Waals surface area contributed by atoms with Gasteiger partial charge >= 0.3 is 0 Å². The molecule has 128 valence electrons. The second-order valence-electron chi connectivity index (χ2n) is 5.27. The predicted molar refractivity (Wildman–Crippen MR) is 93.2 cm³/mol. The summed E-state index contributed by atoms with van der Waals surface area (Å²) in [6.45, 7) is 1.58. The van der Waals surface area contributed by atoms with E-state index in [0.29, 0.717) is 26.6 Å². The van der Waals surface area contributed by atoms with Gasteiger partial charge in [0, 0.05) is 17.8 Å². The fraction of sp³-hybridized carbons (Fsp3) is 0.214. The van der Waals surface area contributed by atoms with E-state index in [9.17, 15) is 8.42 Å². The van der Waals surface area contributed by atoms with Crippen molar-refractivity contribution in [2.75, 3.05) is 11.3 Å². The van der Waals surface area contributed by atoms with Crippen LogP contribution >= 0.6 is 23.2 Å². The van der Waals surface area contributed by atoms with E-state index in [-0.39, 0.29) is 17.5 Å². The molecule has 0 aliphatic heterocycles. The van der Waals surface area contributed by atoms with E-state index in [0.717, 1.165) is 0 Å². The van der Waals surface area contributed by atoms with Gasteiger partial charge in [0.2, 0.25) is 0 Å². The van der Waals surface area contributed by atoms with E-state index >= 15 is 0 Å². The first kappa shape index (κ1) is 17.1. The maximum absolute atomic E-state index is 12.6. The molecular formula is C14H14Cl2N4O3S. The summed E-state index contributed by atoms with van der Waals surface area (Å²) in [5.74, 6) is 0. The summed E-state index contributed by atoms with van der Waals surface area (Å²) < 4.78 is 29.0. The number of sulfonamides is 1. The minimum Gasteiger partial charge on any atom is -0.394 e. The number of nitrogens with zero attached hydrogens (tertiary/aromatic N) is 2. The van der Waals surface area contributed by atoms with Crippen LogP contribution in [-0.4, -0.2) is 34.9 Å². The molecule has 0 saturated heterocycles. The summed E-state index contributed by atoms with van der Waals surface area (Å²) in [6, 6.07) is 2.80. The number of nitrogens with one attached hydrogen (secondary N) is 2. The van der Waals surface area contributed by atoms with Crippen LogP contribution in [0.5, 0.6) is 0 Å². The van der Waals surface area contributed by atoms with Gasteiger partial charge in [-0.3, -0.25) is 9.40 Å². The summed E-state index contributed by atoms with van der Waals surface area (Å²) in [4.78, 5) is 2.90. The van der Waals surface area contributed by atoms with Crippen LogP contribution in [0.4, 0.5) is 5.69 Å². The van der Waals surface area contributed by atoms with Crippen molar-refractivity contribution in [3.05, 3.63) is 40.8 Å². The van der Waals surface area contributed by atoms with Crippen molar-refractivity contribution >= 4 is 49.8 Å². The third-order valence-electron chi connectivity index (χ3n) is 3.58. The van der Waals surface area contributed by atoms with Gasteiger partial charge in [0.25, 0.3) is 10.0 Å². The molecule has 24 heavy (non-hydrogen) atoms. The molecule has 1 atom stereocenters. The molecule has 0 aliphatic rings. The Labute approximate surface area is 148 Å². The Morgan fingerprint density at radius 1 is 1.38 bits per heavy atom. The molecule has 1 aromatic carbocycles. The third kappa shape index (κ3) is 2.98. The average molecular weight is 389 g/mol. The lowest BCUT2D eigenvalue weighted by atomic mass is 10.2. The Bertz CT molecular complexity index is 997. The van der Waals surface area contributed by atoms with Crippen molar-refractivity contribution in [2.24, 2.45) is 0 Å². The number of hydrogen-bond donors (Lipinski definition) is 3. The number of fused-ring (bicyclic) bond motifs is 1. The van der Waals surface area contributed by atoms with Crippen molar-refractivity contribution in [3.63, 3.8) is 0 Å². The van der Waals surface area contributed by atoms with E-state index in [2.05, 4.69) is 14.8 Å². The van der Waals surface area contributed by atoms with E-state index in [1.54, 1.807) is 19.1 Å². The molecule has 2 heterocycles. The predicted octanol–water partition coefficient (Wildman–Crippen LogP) is 3.03. The number of hydrogen-bond acceptors (Lipinski definition) is 4. The number of rotatable bonds is 5. The monoisotopic (exact) mass is 388 g/mol. The number of anilines is 1. The lowest BCUT2D eigenvalue weighted by molar-refractivity contribution is 0.229. The van der Waals surface area contributed by atoms with Crippen LogP contribution in [0.2, 0.25) is 10.0 Å². The highest BCUT2D eigenvalue weighted by molar-refractivity contribution is 7.92. The maximum Gasteiger partial charge on any atom is 0.265 e. The Kier molecular flexibility index (Phi) is 4.48. The molecule has 2 aromatic heterocycles. The molecule has 0 amide bonds. The second-order valence-corrected chi connectivity index (χ2v) is 7.77. The lowest BCUT2D eigenvalue weighted by Gasteiger charge is -2.09. The zero-order valence-corrected chi connectivity index (χ0v) is 14.8. The molecule has 0 radical (unpaired) electrons. The molecule has 3 aromatic rings. The second kappa shape index (κ2) is 6.29. The first-order valence-electron chi connectivity index (χ1n) is 6.96. The molecule has 0 saturated carbocycles. The average Bonchev–Trinajstić information content (AvgIpc) is 3.17. The Balaban J connectivity index is 1.98. The Hall–Kier alpha value is -1.74. The summed E-state index contributed by atoms with van der Waals surface area (Å²) >= 11 is 12.2. The number of aliphatic hydroxyl groups is 1. The minimum atomic E-state index is -3.85. The normalized spacial score (nSPS) is 13.3. The molecule has 1 unspecified atom stereocenters. The molecular weight excluding hydrogens is 375 g/mol. The minimum absolute atomic E-state index is 0.0106. The van der Waals surface area contributed by atoms with Crippen LogP contribution in [0.15, 0.2) is 35.6 Å². The number of aliphatic hydroxyl groups excluding tert-OH is 1. The molecule has 0 fully saturated rings.